The van der Waals surface area contributed by atoms with Gasteiger partial charge in [0.15, 0.2) is 0 Å². The Kier molecular flexibility index (Phi) is 9.21. The Morgan fingerprint density at radius 1 is 1.27 bits per heavy atom. The summed E-state index contributed by atoms with van der Waals surface area (Å²) in [5.74, 6) is 4.01. The summed E-state index contributed by atoms with van der Waals surface area (Å²) in [5, 5.41) is 17.4. The van der Waals surface area contributed by atoms with Crippen molar-refractivity contribution in [3.8, 4) is 0 Å². The Balaban J connectivity index is 2.89. The van der Waals surface area contributed by atoms with Crippen LogP contribution in [-0.4, -0.2) is 45.9 Å². The van der Waals surface area contributed by atoms with Crippen molar-refractivity contribution in [2.24, 2.45) is 0 Å². The quantitative estimate of drug-likeness (QED) is 0.592. The van der Waals surface area contributed by atoms with E-state index in [0.29, 0.717) is 5.75 Å². The van der Waals surface area contributed by atoms with E-state index in [4.69, 9.17) is 10.2 Å². The number of hydrogen-bond donors (Lipinski definition) is 2. The Bertz CT molecular complexity index is 80.8. The summed E-state index contributed by atoms with van der Waals surface area (Å²) in [6.07, 6.45) is -0.536. The molecule has 1 unspecified atom stereocenters. The van der Waals surface area contributed by atoms with Crippen molar-refractivity contribution in [3.05, 3.63) is 0 Å². The summed E-state index contributed by atoms with van der Waals surface area (Å²) in [4.78, 5) is 0. The fourth-order valence-electron chi connectivity index (χ4n) is 0.534. The maximum atomic E-state index is 8.94. The molecule has 4 heteroatoms. The first-order valence-corrected chi connectivity index (χ1v) is 6.06. The van der Waals surface area contributed by atoms with Crippen LogP contribution in [0, 0.1) is 0 Å². The van der Waals surface area contributed by atoms with Crippen LogP contribution in [0.3, 0.4) is 0 Å². The lowest BCUT2D eigenvalue weighted by Crippen LogP contribution is -2.15. The van der Waals surface area contributed by atoms with E-state index >= 15 is 0 Å². The topological polar surface area (TPSA) is 40.5 Å². The zero-order chi connectivity index (χ0) is 8.53. The average molecular weight is 196 g/mol. The molecular formula is C7H16O2S2. The predicted octanol–water partition coefficient (Wildman–Crippen LogP) is 0.826. The summed E-state index contributed by atoms with van der Waals surface area (Å²) < 4.78 is 0. The first kappa shape index (κ1) is 11.6. The van der Waals surface area contributed by atoms with Gasteiger partial charge >= 0.3 is 0 Å². The van der Waals surface area contributed by atoms with Crippen LogP contribution >= 0.6 is 23.5 Å². The molecule has 0 heterocycles. The second kappa shape index (κ2) is 8.71. The fourth-order valence-corrected chi connectivity index (χ4v) is 2.31. The van der Waals surface area contributed by atoms with Crippen LogP contribution in [-0.2, 0) is 0 Å². The number of rotatable bonds is 7. The smallest absolute Gasteiger partial charge is 0.0861 e. The van der Waals surface area contributed by atoms with Crippen LogP contribution in [0.4, 0.5) is 0 Å². The molecule has 0 aliphatic carbocycles. The lowest BCUT2D eigenvalue weighted by atomic mass is 10.4. The molecule has 0 spiro atoms. The Morgan fingerprint density at radius 3 is 2.45 bits per heavy atom. The Labute approximate surface area is 76.8 Å². The summed E-state index contributed by atoms with van der Waals surface area (Å²) in [7, 11) is 0. The summed E-state index contributed by atoms with van der Waals surface area (Å²) >= 11 is 3.60. The third kappa shape index (κ3) is 8.53. The molecule has 0 aliphatic heterocycles. The van der Waals surface area contributed by atoms with Gasteiger partial charge < -0.3 is 10.2 Å². The van der Waals surface area contributed by atoms with Crippen molar-refractivity contribution in [2.75, 3.05) is 29.6 Å². The SMILES string of the molecule is CCSCCSCC(O)CO. The minimum Gasteiger partial charge on any atom is -0.394 e. The van der Waals surface area contributed by atoms with Crippen LogP contribution in [0.5, 0.6) is 0 Å². The molecule has 0 radical (unpaired) electrons. The van der Waals surface area contributed by atoms with Gasteiger partial charge in [0.05, 0.1) is 12.7 Å². The minimum absolute atomic E-state index is 0.117. The predicted molar refractivity (Wildman–Crippen MR) is 53.4 cm³/mol. The third-order valence-electron chi connectivity index (χ3n) is 1.10. The number of aliphatic hydroxyl groups is 2. The van der Waals surface area contributed by atoms with Crippen LogP contribution < -0.4 is 0 Å². The van der Waals surface area contributed by atoms with Gasteiger partial charge in [-0.05, 0) is 5.75 Å². The normalized spacial score (nSPS) is 13.4. The Hall–Kier alpha value is 0.620. The molecule has 0 aromatic rings. The monoisotopic (exact) mass is 196 g/mol. The first-order chi connectivity index (χ1) is 5.31. The average Bonchev–Trinajstić information content (AvgIpc) is 2.04. The second-order valence-corrected chi connectivity index (χ2v) is 4.65. The molecule has 68 valence electrons. The maximum absolute atomic E-state index is 8.94. The van der Waals surface area contributed by atoms with E-state index < -0.39 is 6.10 Å². The molecule has 1 atom stereocenters. The molecular weight excluding hydrogens is 180 g/mol. The Morgan fingerprint density at radius 2 is 1.91 bits per heavy atom. The highest BCUT2D eigenvalue weighted by molar-refractivity contribution is 8.02. The van der Waals surface area contributed by atoms with Crippen molar-refractivity contribution in [1.29, 1.82) is 0 Å². The largest absolute Gasteiger partial charge is 0.394 e. The van der Waals surface area contributed by atoms with Crippen molar-refractivity contribution < 1.29 is 10.2 Å². The standard InChI is InChI=1S/C7H16O2S2/c1-2-10-3-4-11-6-7(9)5-8/h7-9H,2-6H2,1H3. The summed E-state index contributed by atoms with van der Waals surface area (Å²) in [5.41, 5.74) is 0. The highest BCUT2D eigenvalue weighted by atomic mass is 32.2. The van der Waals surface area contributed by atoms with Gasteiger partial charge in [0.2, 0.25) is 0 Å². The van der Waals surface area contributed by atoms with Gasteiger partial charge in [0.1, 0.15) is 0 Å². The molecule has 0 aromatic carbocycles. The van der Waals surface area contributed by atoms with Gasteiger partial charge in [-0.25, -0.2) is 0 Å². The van der Waals surface area contributed by atoms with E-state index in [1.165, 1.54) is 0 Å². The van der Waals surface area contributed by atoms with Gasteiger partial charge in [-0.2, -0.15) is 23.5 Å². The van der Waals surface area contributed by atoms with Gasteiger partial charge in [0.25, 0.3) is 0 Å². The van der Waals surface area contributed by atoms with Gasteiger partial charge in [0, 0.05) is 17.3 Å². The molecule has 2 N–H and O–H groups in total. The molecule has 11 heavy (non-hydrogen) atoms. The van der Waals surface area contributed by atoms with E-state index in [9.17, 15) is 0 Å². The lowest BCUT2D eigenvalue weighted by Gasteiger charge is -2.05. The molecule has 0 rings (SSSR count). The molecule has 0 fully saturated rings. The van der Waals surface area contributed by atoms with Crippen molar-refractivity contribution >= 4 is 23.5 Å². The number of thioether (sulfide) groups is 2. The van der Waals surface area contributed by atoms with E-state index in [0.717, 1.165) is 17.3 Å². The van der Waals surface area contributed by atoms with Gasteiger partial charge in [-0.1, -0.05) is 6.92 Å². The number of hydrogen-bond acceptors (Lipinski definition) is 4. The first-order valence-electron chi connectivity index (χ1n) is 3.75. The highest BCUT2D eigenvalue weighted by Gasteiger charge is 2.00. The van der Waals surface area contributed by atoms with Crippen LogP contribution in [0.25, 0.3) is 0 Å². The highest BCUT2D eigenvalue weighted by Crippen LogP contribution is 2.07. The van der Waals surface area contributed by atoms with E-state index in [1.54, 1.807) is 11.8 Å². The fraction of sp³-hybridized carbons (Fsp3) is 1.00. The molecule has 0 aliphatic rings. The maximum Gasteiger partial charge on any atom is 0.0861 e. The third-order valence-corrected chi connectivity index (χ3v) is 3.37. The zero-order valence-electron chi connectivity index (χ0n) is 6.82. The molecule has 0 aromatic heterocycles. The van der Waals surface area contributed by atoms with Crippen LogP contribution in [0.1, 0.15) is 6.92 Å². The summed E-state index contributed by atoms with van der Waals surface area (Å²) in [6.45, 7) is 2.02. The summed E-state index contributed by atoms with van der Waals surface area (Å²) in [6, 6.07) is 0. The zero-order valence-corrected chi connectivity index (χ0v) is 8.46. The number of aliphatic hydroxyl groups excluding tert-OH is 2. The van der Waals surface area contributed by atoms with Gasteiger partial charge in [-0.15, -0.1) is 0 Å². The molecule has 0 saturated heterocycles. The van der Waals surface area contributed by atoms with E-state index in [2.05, 4.69) is 6.92 Å². The minimum atomic E-state index is -0.536. The second-order valence-electron chi connectivity index (χ2n) is 2.11. The van der Waals surface area contributed by atoms with Crippen molar-refractivity contribution in [1.82, 2.24) is 0 Å². The van der Waals surface area contributed by atoms with Crippen molar-refractivity contribution in [3.63, 3.8) is 0 Å². The van der Waals surface area contributed by atoms with Crippen molar-refractivity contribution in [2.45, 2.75) is 13.0 Å². The lowest BCUT2D eigenvalue weighted by molar-refractivity contribution is 0.113. The molecule has 2 nitrogen and oxygen atoms in total. The van der Waals surface area contributed by atoms with Crippen LogP contribution in [0.15, 0.2) is 0 Å². The van der Waals surface area contributed by atoms with Crippen LogP contribution in [0.2, 0.25) is 0 Å². The molecule has 0 bridgehead atoms. The van der Waals surface area contributed by atoms with E-state index in [1.807, 2.05) is 11.8 Å². The van der Waals surface area contributed by atoms with E-state index in [-0.39, 0.29) is 6.61 Å². The molecule has 0 saturated carbocycles. The molecule has 0 amide bonds. The van der Waals surface area contributed by atoms with Gasteiger partial charge in [-0.3, -0.25) is 0 Å².